The molecule has 2 aliphatic rings. The summed E-state index contributed by atoms with van der Waals surface area (Å²) in [6.45, 7) is 2.04. The zero-order chi connectivity index (χ0) is 25.0. The number of hydrogen-bond acceptors (Lipinski definition) is 5. The lowest BCUT2D eigenvalue weighted by Gasteiger charge is -2.46. The maximum Gasteiger partial charge on any atom is 0.343 e. The Labute approximate surface area is 213 Å². The molecule has 6 heteroatoms. The van der Waals surface area contributed by atoms with Crippen LogP contribution in [0.5, 0.6) is 5.75 Å². The Kier molecular flexibility index (Phi) is 8.41. The second kappa shape index (κ2) is 11.3. The number of alkyl halides is 1. The first-order valence-corrected chi connectivity index (χ1v) is 13.2. The van der Waals surface area contributed by atoms with Gasteiger partial charge in [0.15, 0.2) is 6.61 Å². The minimum atomic E-state index is -0.540. The summed E-state index contributed by atoms with van der Waals surface area (Å²) in [4.78, 5) is 11.4. The zero-order valence-corrected chi connectivity index (χ0v) is 21.4. The zero-order valence-electron chi connectivity index (χ0n) is 20.7. The van der Waals surface area contributed by atoms with Crippen LogP contribution in [0.2, 0.25) is 0 Å². The van der Waals surface area contributed by atoms with E-state index in [2.05, 4.69) is 23.8 Å². The van der Waals surface area contributed by atoms with Crippen molar-refractivity contribution in [3.8, 4) is 5.75 Å². The molecule has 0 bridgehead atoms. The minimum Gasteiger partial charge on any atom is -0.482 e. The molecule has 0 aliphatic heterocycles. The summed E-state index contributed by atoms with van der Waals surface area (Å²) in [7, 11) is 1.33. The smallest absolute Gasteiger partial charge is 0.343 e. The maximum atomic E-state index is 11.4. The molecule has 190 valence electrons. The third-order valence-corrected chi connectivity index (χ3v) is 8.55. The van der Waals surface area contributed by atoms with Crippen LogP contribution in [0.25, 0.3) is 0 Å². The number of rotatable bonds is 10. The Balaban J connectivity index is 1.54. The summed E-state index contributed by atoms with van der Waals surface area (Å²) in [5.74, 6) is 0.0804. The lowest BCUT2D eigenvalue weighted by Crippen LogP contribution is -2.36. The molecule has 0 saturated heterocycles. The van der Waals surface area contributed by atoms with E-state index in [0.29, 0.717) is 18.6 Å². The van der Waals surface area contributed by atoms with Gasteiger partial charge in [-0.15, -0.1) is 11.6 Å². The van der Waals surface area contributed by atoms with Gasteiger partial charge in [-0.05, 0) is 66.8 Å². The molecular formula is C29H37ClO5. The second-order valence-electron chi connectivity index (χ2n) is 10.3. The molecule has 0 amide bonds. The van der Waals surface area contributed by atoms with Gasteiger partial charge in [0.1, 0.15) is 5.75 Å². The van der Waals surface area contributed by atoms with Crippen molar-refractivity contribution >= 4 is 17.6 Å². The van der Waals surface area contributed by atoms with E-state index in [1.165, 1.54) is 13.5 Å². The van der Waals surface area contributed by atoms with Gasteiger partial charge in [0.05, 0.1) is 19.3 Å². The number of aliphatic hydroxyl groups is 2. The lowest BCUT2D eigenvalue weighted by atomic mass is 9.61. The van der Waals surface area contributed by atoms with Crippen LogP contribution in [0.15, 0.2) is 48.5 Å². The second-order valence-corrected chi connectivity index (χ2v) is 10.8. The van der Waals surface area contributed by atoms with Crippen LogP contribution in [0, 0.1) is 11.3 Å². The lowest BCUT2D eigenvalue weighted by molar-refractivity contribution is -0.142. The quantitative estimate of drug-likeness (QED) is 0.330. The van der Waals surface area contributed by atoms with Gasteiger partial charge in [-0.2, -0.15) is 0 Å². The highest BCUT2D eigenvalue weighted by atomic mass is 35.5. The van der Waals surface area contributed by atoms with E-state index in [0.717, 1.165) is 42.4 Å². The third kappa shape index (κ3) is 5.68. The Morgan fingerprint density at radius 3 is 2.66 bits per heavy atom. The first kappa shape index (κ1) is 26.0. The largest absolute Gasteiger partial charge is 0.482 e. The van der Waals surface area contributed by atoms with Crippen molar-refractivity contribution in [3.05, 3.63) is 65.2 Å². The molecule has 5 atom stereocenters. The van der Waals surface area contributed by atoms with E-state index in [1.54, 1.807) is 0 Å². The van der Waals surface area contributed by atoms with Crippen LogP contribution in [0.4, 0.5) is 0 Å². The Bertz CT molecular complexity index is 1000. The van der Waals surface area contributed by atoms with Crippen LogP contribution >= 0.6 is 11.6 Å². The number of benzene rings is 2. The predicted molar refractivity (Wildman–Crippen MR) is 137 cm³/mol. The molecule has 5 nitrogen and oxygen atoms in total. The van der Waals surface area contributed by atoms with Crippen LogP contribution < -0.4 is 4.74 Å². The van der Waals surface area contributed by atoms with Crippen molar-refractivity contribution in [2.24, 2.45) is 11.3 Å². The predicted octanol–water partition coefficient (Wildman–Crippen LogP) is 5.56. The van der Waals surface area contributed by atoms with E-state index in [9.17, 15) is 15.0 Å². The van der Waals surface area contributed by atoms with Gasteiger partial charge in [0.2, 0.25) is 0 Å². The summed E-state index contributed by atoms with van der Waals surface area (Å²) >= 11 is 6.77. The van der Waals surface area contributed by atoms with Crippen molar-refractivity contribution in [2.45, 2.75) is 75.4 Å². The van der Waals surface area contributed by atoms with Crippen LogP contribution in [-0.2, 0) is 16.0 Å². The van der Waals surface area contributed by atoms with Gasteiger partial charge in [0, 0.05) is 16.7 Å². The molecule has 35 heavy (non-hydrogen) atoms. The SMILES string of the molecule is CCCC1(C(O)c2cccc([C@@H]3[C@@H](Cc4cccc(OCC(=O)OC)c4)[C@H](Cl)C[C@H]3O)c2)CCC1. The number of esters is 1. The van der Waals surface area contributed by atoms with Crippen molar-refractivity contribution in [3.63, 3.8) is 0 Å². The van der Waals surface area contributed by atoms with Crippen LogP contribution in [-0.4, -0.2) is 41.4 Å². The van der Waals surface area contributed by atoms with E-state index in [1.807, 2.05) is 36.4 Å². The monoisotopic (exact) mass is 500 g/mol. The number of hydrogen-bond donors (Lipinski definition) is 2. The average molecular weight is 501 g/mol. The summed E-state index contributed by atoms with van der Waals surface area (Å²) < 4.78 is 10.2. The van der Waals surface area contributed by atoms with Crippen LogP contribution in [0.1, 0.15) is 74.2 Å². The molecular weight excluding hydrogens is 464 g/mol. The molecule has 2 aliphatic carbocycles. The van der Waals surface area contributed by atoms with Gasteiger partial charge in [-0.25, -0.2) is 4.79 Å². The topological polar surface area (TPSA) is 76.0 Å². The highest BCUT2D eigenvalue weighted by Gasteiger charge is 2.45. The highest BCUT2D eigenvalue weighted by Crippen LogP contribution is 2.54. The summed E-state index contributed by atoms with van der Waals surface area (Å²) in [6, 6.07) is 15.8. The molecule has 2 fully saturated rings. The van der Waals surface area contributed by atoms with E-state index in [4.69, 9.17) is 16.3 Å². The van der Waals surface area contributed by atoms with Gasteiger partial charge in [-0.3, -0.25) is 0 Å². The van der Waals surface area contributed by atoms with E-state index >= 15 is 0 Å². The minimum absolute atomic E-state index is 0.0132. The molecule has 1 unspecified atom stereocenters. The number of halogens is 1. The van der Waals surface area contributed by atoms with Crippen LogP contribution in [0.3, 0.4) is 0 Å². The van der Waals surface area contributed by atoms with Crippen molar-refractivity contribution in [1.82, 2.24) is 0 Å². The normalized spacial score (nSPS) is 26.1. The number of carbonyl (C=O) groups excluding carboxylic acids is 1. The first-order valence-electron chi connectivity index (χ1n) is 12.8. The van der Waals surface area contributed by atoms with Gasteiger partial charge < -0.3 is 19.7 Å². The third-order valence-electron chi connectivity index (χ3n) is 8.05. The summed E-state index contributed by atoms with van der Waals surface area (Å²) in [6.07, 6.45) is 5.60. The number of ether oxygens (including phenoxy) is 2. The fourth-order valence-electron chi connectivity index (χ4n) is 6.10. The molecule has 2 N–H and O–H groups in total. The average Bonchev–Trinajstić information content (AvgIpc) is 3.12. The van der Waals surface area contributed by atoms with Gasteiger partial charge >= 0.3 is 5.97 Å². The Hall–Kier alpha value is -2.08. The Morgan fingerprint density at radius 2 is 1.97 bits per heavy atom. The molecule has 0 radical (unpaired) electrons. The fourth-order valence-corrected chi connectivity index (χ4v) is 6.53. The van der Waals surface area contributed by atoms with Gasteiger partial charge in [0.25, 0.3) is 0 Å². The summed E-state index contributed by atoms with van der Waals surface area (Å²) in [5, 5.41) is 22.1. The first-order chi connectivity index (χ1) is 16.9. The molecule has 2 aromatic rings. The van der Waals surface area contributed by atoms with Crippen molar-refractivity contribution < 1.29 is 24.5 Å². The Morgan fingerprint density at radius 1 is 1.20 bits per heavy atom. The molecule has 0 aromatic heterocycles. The summed E-state index contributed by atoms with van der Waals surface area (Å²) in [5.41, 5.74) is 3.00. The van der Waals surface area contributed by atoms with E-state index in [-0.39, 0.29) is 29.2 Å². The van der Waals surface area contributed by atoms with Crippen molar-refractivity contribution in [2.75, 3.05) is 13.7 Å². The molecule has 0 heterocycles. The highest BCUT2D eigenvalue weighted by molar-refractivity contribution is 6.21. The molecule has 2 saturated carbocycles. The number of aliphatic hydroxyl groups excluding tert-OH is 2. The standard InChI is InChI=1S/C29H37ClO5/c1-3-11-29(12-6-13-29)28(33)21-9-5-8-20(16-21)27-23(24(30)17-25(27)31)15-19-7-4-10-22(14-19)35-18-26(32)34-2/h4-5,7-10,14,16,23-25,27-28,31,33H,3,6,11-13,15,17-18H2,1-2H3/t23-,24+,25+,27+,28?/m0/s1. The fraction of sp³-hybridized carbons (Fsp3) is 0.552. The number of carbonyl (C=O) groups is 1. The maximum absolute atomic E-state index is 11.4. The van der Waals surface area contributed by atoms with Crippen molar-refractivity contribution in [1.29, 1.82) is 0 Å². The molecule has 2 aromatic carbocycles. The van der Waals surface area contributed by atoms with E-state index < -0.39 is 18.2 Å². The van der Waals surface area contributed by atoms with Gasteiger partial charge in [-0.1, -0.05) is 56.2 Å². The number of methoxy groups -OCH3 is 1. The molecule has 0 spiro atoms. The molecule has 4 rings (SSSR count).